The molecular formula is C19H25F3N4O2. The van der Waals surface area contributed by atoms with Crippen LogP contribution >= 0.6 is 0 Å². The van der Waals surface area contributed by atoms with Crippen molar-refractivity contribution in [3.8, 4) is 0 Å². The topological polar surface area (TPSA) is 55.9 Å². The highest BCUT2D eigenvalue weighted by Gasteiger charge is 2.47. The molecule has 3 rings (SSSR count). The molecule has 2 heterocycles. The molecule has 0 aromatic heterocycles. The van der Waals surface area contributed by atoms with Crippen LogP contribution in [-0.4, -0.2) is 73.6 Å². The van der Waals surface area contributed by atoms with Crippen molar-refractivity contribution in [1.29, 1.82) is 0 Å². The molecule has 9 heteroatoms. The van der Waals surface area contributed by atoms with Crippen molar-refractivity contribution < 1.29 is 22.8 Å². The molecule has 0 spiro atoms. The molecule has 0 radical (unpaired) electrons. The predicted molar refractivity (Wildman–Crippen MR) is 98.8 cm³/mol. The SMILES string of the molecule is CN1CCN(c2ccc(CNC(=O)C3CCCN3C(=O)C(F)(F)F)cc2)CC1. The van der Waals surface area contributed by atoms with Crippen LogP contribution in [0.1, 0.15) is 18.4 Å². The summed E-state index contributed by atoms with van der Waals surface area (Å²) in [7, 11) is 2.09. The summed E-state index contributed by atoms with van der Waals surface area (Å²) in [6.07, 6.45) is -4.32. The van der Waals surface area contributed by atoms with E-state index in [1.54, 1.807) is 0 Å². The number of likely N-dealkylation sites (tertiary alicyclic amines) is 1. The fourth-order valence-corrected chi connectivity index (χ4v) is 3.64. The highest BCUT2D eigenvalue weighted by Crippen LogP contribution is 2.26. The maximum atomic E-state index is 12.7. The van der Waals surface area contributed by atoms with Crippen molar-refractivity contribution >= 4 is 17.5 Å². The van der Waals surface area contributed by atoms with E-state index in [4.69, 9.17) is 0 Å². The van der Waals surface area contributed by atoms with Gasteiger partial charge in [-0.3, -0.25) is 9.59 Å². The number of anilines is 1. The molecule has 2 fully saturated rings. The number of piperazine rings is 1. The number of alkyl halides is 3. The minimum atomic E-state index is -4.96. The van der Waals surface area contributed by atoms with Crippen molar-refractivity contribution in [2.45, 2.75) is 31.6 Å². The van der Waals surface area contributed by atoms with Crippen LogP contribution < -0.4 is 10.2 Å². The molecular weight excluding hydrogens is 373 g/mol. The first kappa shape index (κ1) is 20.4. The van der Waals surface area contributed by atoms with Gasteiger partial charge in [0.1, 0.15) is 6.04 Å². The lowest BCUT2D eigenvalue weighted by atomic mass is 10.1. The molecule has 2 amide bonds. The lowest BCUT2D eigenvalue weighted by molar-refractivity contribution is -0.186. The zero-order chi connectivity index (χ0) is 20.3. The largest absolute Gasteiger partial charge is 0.471 e. The third-order valence-electron chi connectivity index (χ3n) is 5.33. The number of amides is 2. The van der Waals surface area contributed by atoms with Crippen LogP contribution in [0.2, 0.25) is 0 Å². The highest BCUT2D eigenvalue weighted by atomic mass is 19.4. The summed E-state index contributed by atoms with van der Waals surface area (Å²) in [6.45, 7) is 4.09. The molecule has 0 aliphatic carbocycles. The summed E-state index contributed by atoms with van der Waals surface area (Å²) in [5.74, 6) is -2.49. The Balaban J connectivity index is 1.53. The third-order valence-corrected chi connectivity index (χ3v) is 5.33. The Morgan fingerprint density at radius 2 is 1.71 bits per heavy atom. The first-order chi connectivity index (χ1) is 13.3. The molecule has 1 aromatic rings. The molecule has 154 valence electrons. The number of carbonyl (C=O) groups is 2. The standard InChI is InChI=1S/C19H25F3N4O2/c1-24-9-11-25(12-10-24)15-6-4-14(5-7-15)13-23-17(27)16-3-2-8-26(16)18(28)19(20,21)22/h4-7,16H,2-3,8-13H2,1H3,(H,23,27). The molecule has 1 aromatic carbocycles. The fraction of sp³-hybridized carbons (Fsp3) is 0.579. The number of benzene rings is 1. The number of rotatable bonds is 4. The van der Waals surface area contributed by atoms with Gasteiger partial charge in [-0.05, 0) is 37.6 Å². The quantitative estimate of drug-likeness (QED) is 0.837. The molecule has 2 saturated heterocycles. The summed E-state index contributed by atoms with van der Waals surface area (Å²) >= 11 is 0. The predicted octanol–water partition coefficient (Wildman–Crippen LogP) is 1.61. The summed E-state index contributed by atoms with van der Waals surface area (Å²) in [5.41, 5.74) is 1.97. The van der Waals surface area contributed by atoms with Crippen molar-refractivity contribution in [2.24, 2.45) is 0 Å². The van der Waals surface area contributed by atoms with Gasteiger partial charge in [-0.2, -0.15) is 13.2 Å². The summed E-state index contributed by atoms with van der Waals surface area (Å²) in [5, 5.41) is 2.66. The van der Waals surface area contributed by atoms with Crippen LogP contribution in [-0.2, 0) is 16.1 Å². The number of carbonyl (C=O) groups excluding carboxylic acids is 2. The van der Waals surface area contributed by atoms with Crippen molar-refractivity contribution in [3.05, 3.63) is 29.8 Å². The van der Waals surface area contributed by atoms with Gasteiger partial charge in [-0.1, -0.05) is 12.1 Å². The van der Waals surface area contributed by atoms with Gasteiger partial charge in [0.25, 0.3) is 0 Å². The van der Waals surface area contributed by atoms with E-state index in [1.165, 1.54) is 0 Å². The average Bonchev–Trinajstić information content (AvgIpc) is 3.15. The second-order valence-corrected chi connectivity index (χ2v) is 7.33. The van der Waals surface area contributed by atoms with E-state index in [9.17, 15) is 22.8 Å². The minimum Gasteiger partial charge on any atom is -0.369 e. The van der Waals surface area contributed by atoms with Crippen LogP contribution in [0, 0.1) is 0 Å². The van der Waals surface area contributed by atoms with E-state index in [2.05, 4.69) is 22.2 Å². The lowest BCUT2D eigenvalue weighted by Gasteiger charge is -2.34. The van der Waals surface area contributed by atoms with Gasteiger partial charge in [0, 0.05) is 45.0 Å². The monoisotopic (exact) mass is 398 g/mol. The molecule has 2 aliphatic heterocycles. The second-order valence-electron chi connectivity index (χ2n) is 7.33. The second kappa shape index (κ2) is 8.38. The Kier molecular flexibility index (Phi) is 6.12. The van der Waals surface area contributed by atoms with Crippen molar-refractivity contribution in [2.75, 3.05) is 44.7 Å². The molecule has 0 bridgehead atoms. The molecule has 2 aliphatic rings. The van der Waals surface area contributed by atoms with E-state index in [0.29, 0.717) is 11.3 Å². The third kappa shape index (κ3) is 4.76. The number of nitrogens with one attached hydrogen (secondary N) is 1. The van der Waals surface area contributed by atoms with Crippen LogP contribution in [0.15, 0.2) is 24.3 Å². The van der Waals surface area contributed by atoms with Gasteiger partial charge in [0.15, 0.2) is 0 Å². The minimum absolute atomic E-state index is 0.0455. The van der Waals surface area contributed by atoms with Gasteiger partial charge in [0.05, 0.1) is 0 Å². The average molecular weight is 398 g/mol. The lowest BCUT2D eigenvalue weighted by Crippen LogP contribution is -2.50. The van der Waals surface area contributed by atoms with E-state index in [1.807, 2.05) is 24.3 Å². The Morgan fingerprint density at radius 1 is 1.07 bits per heavy atom. The Hall–Kier alpha value is -2.29. The number of halogens is 3. The first-order valence-corrected chi connectivity index (χ1v) is 9.43. The molecule has 0 saturated carbocycles. The maximum Gasteiger partial charge on any atom is 0.471 e. The van der Waals surface area contributed by atoms with Gasteiger partial charge < -0.3 is 20.0 Å². The van der Waals surface area contributed by atoms with E-state index >= 15 is 0 Å². The van der Waals surface area contributed by atoms with E-state index < -0.39 is 24.0 Å². The molecule has 1 N–H and O–H groups in total. The number of hydrogen-bond acceptors (Lipinski definition) is 4. The van der Waals surface area contributed by atoms with Gasteiger partial charge >= 0.3 is 12.1 Å². The number of likely N-dealkylation sites (N-methyl/N-ethyl adjacent to an activating group) is 1. The zero-order valence-electron chi connectivity index (χ0n) is 15.8. The summed E-state index contributed by atoms with van der Waals surface area (Å²) in [4.78, 5) is 29.0. The van der Waals surface area contributed by atoms with Crippen LogP contribution in [0.3, 0.4) is 0 Å². The van der Waals surface area contributed by atoms with Crippen LogP contribution in [0.4, 0.5) is 18.9 Å². The van der Waals surface area contributed by atoms with Gasteiger partial charge in [0.2, 0.25) is 5.91 Å². The fourth-order valence-electron chi connectivity index (χ4n) is 3.64. The molecule has 6 nitrogen and oxygen atoms in total. The number of hydrogen-bond donors (Lipinski definition) is 1. The van der Waals surface area contributed by atoms with Crippen molar-refractivity contribution in [3.63, 3.8) is 0 Å². The normalized spacial score (nSPS) is 21.1. The van der Waals surface area contributed by atoms with E-state index in [-0.39, 0.29) is 19.5 Å². The Morgan fingerprint density at radius 3 is 2.32 bits per heavy atom. The Labute approximate surface area is 162 Å². The van der Waals surface area contributed by atoms with Crippen LogP contribution in [0.25, 0.3) is 0 Å². The van der Waals surface area contributed by atoms with Crippen molar-refractivity contribution in [1.82, 2.24) is 15.1 Å². The van der Waals surface area contributed by atoms with Gasteiger partial charge in [-0.15, -0.1) is 0 Å². The molecule has 1 atom stereocenters. The summed E-state index contributed by atoms with van der Waals surface area (Å²) in [6, 6.07) is 6.73. The summed E-state index contributed by atoms with van der Waals surface area (Å²) < 4.78 is 38.0. The first-order valence-electron chi connectivity index (χ1n) is 9.43. The number of nitrogens with zero attached hydrogens (tertiary/aromatic N) is 3. The maximum absolute atomic E-state index is 12.7. The van der Waals surface area contributed by atoms with Crippen LogP contribution in [0.5, 0.6) is 0 Å². The van der Waals surface area contributed by atoms with Gasteiger partial charge in [-0.25, -0.2) is 0 Å². The molecule has 1 unspecified atom stereocenters. The Bertz CT molecular complexity index is 700. The highest BCUT2D eigenvalue weighted by molar-refractivity contribution is 5.90. The molecule has 28 heavy (non-hydrogen) atoms. The smallest absolute Gasteiger partial charge is 0.369 e. The van der Waals surface area contributed by atoms with E-state index in [0.717, 1.165) is 37.4 Å². The zero-order valence-corrected chi connectivity index (χ0v) is 15.8.